The third kappa shape index (κ3) is 1.47. The largest absolute Gasteiger partial charge is 0.302 e. The summed E-state index contributed by atoms with van der Waals surface area (Å²) >= 11 is 1.58. The molecule has 13 heavy (non-hydrogen) atoms. The molecule has 0 bridgehead atoms. The van der Waals surface area contributed by atoms with Crippen LogP contribution in [0.4, 0.5) is 0 Å². The van der Waals surface area contributed by atoms with Crippen LogP contribution in [0.3, 0.4) is 0 Å². The highest BCUT2D eigenvalue weighted by Crippen LogP contribution is 2.27. The van der Waals surface area contributed by atoms with E-state index in [0.29, 0.717) is 0 Å². The summed E-state index contributed by atoms with van der Waals surface area (Å²) in [5.41, 5.74) is 2.29. The van der Waals surface area contributed by atoms with Crippen molar-refractivity contribution in [1.29, 1.82) is 0 Å². The van der Waals surface area contributed by atoms with Crippen LogP contribution in [0.15, 0.2) is 17.7 Å². The van der Waals surface area contributed by atoms with Crippen molar-refractivity contribution in [2.75, 3.05) is 0 Å². The van der Waals surface area contributed by atoms with E-state index in [1.54, 1.807) is 11.3 Å². The summed E-state index contributed by atoms with van der Waals surface area (Å²) < 4.78 is 0. The van der Waals surface area contributed by atoms with Gasteiger partial charge in [0.05, 0.1) is 21.5 Å². The van der Waals surface area contributed by atoms with E-state index in [4.69, 9.17) is 0 Å². The van der Waals surface area contributed by atoms with E-state index in [1.807, 2.05) is 36.7 Å². The molecule has 1 aromatic heterocycles. The number of allylic oxidation sites excluding steroid dienone is 2. The van der Waals surface area contributed by atoms with E-state index in [0.717, 1.165) is 16.9 Å². The zero-order valence-corrected chi connectivity index (χ0v) is 8.04. The van der Waals surface area contributed by atoms with Crippen LogP contribution in [0.5, 0.6) is 0 Å². The molecule has 0 radical (unpaired) electrons. The molecule has 0 aromatic carbocycles. The van der Waals surface area contributed by atoms with Crippen molar-refractivity contribution in [2.24, 2.45) is 5.41 Å². The number of carbonyl (C=O) groups is 1. The highest BCUT2D eigenvalue weighted by molar-refractivity contribution is 7.10. The van der Waals surface area contributed by atoms with Gasteiger partial charge in [-0.05, 0) is 19.1 Å². The third-order valence-electron chi connectivity index (χ3n) is 2.07. The molecule has 0 saturated carbocycles. The van der Waals surface area contributed by atoms with Gasteiger partial charge in [0.15, 0.2) is 0 Å². The summed E-state index contributed by atoms with van der Waals surface area (Å²) in [5, 5.41) is 0. The number of thiazole rings is 1. The number of hydrogen-bond donors (Lipinski definition) is 0. The first-order chi connectivity index (χ1) is 6.23. The van der Waals surface area contributed by atoms with Gasteiger partial charge in [-0.15, -0.1) is 11.3 Å². The molecule has 66 valence electrons. The second-order valence-corrected chi connectivity index (χ2v) is 4.14. The van der Waals surface area contributed by atoms with Gasteiger partial charge in [0.1, 0.15) is 6.29 Å². The average Bonchev–Trinajstić information content (AvgIpc) is 2.54. The molecule has 0 aliphatic heterocycles. The van der Waals surface area contributed by atoms with Gasteiger partial charge >= 0.3 is 0 Å². The second kappa shape index (κ2) is 2.92. The van der Waals surface area contributed by atoms with Crippen molar-refractivity contribution in [3.8, 4) is 0 Å². The molecule has 0 amide bonds. The molecule has 2 nitrogen and oxygen atoms in total. The van der Waals surface area contributed by atoms with Gasteiger partial charge < -0.3 is 4.79 Å². The minimum Gasteiger partial charge on any atom is -0.302 e. The molecule has 2 rings (SSSR count). The standard InChI is InChI=1S/C10H9NOS/c1-10(6-12)4-2-8-9(3-5-10)13-7-11-8/h2-7H,1H3. The Kier molecular flexibility index (Phi) is 1.88. The Bertz CT molecular complexity index is 361. The monoisotopic (exact) mass is 191 g/mol. The second-order valence-electron chi connectivity index (χ2n) is 3.25. The summed E-state index contributed by atoms with van der Waals surface area (Å²) in [6.07, 6.45) is 8.58. The first-order valence-corrected chi connectivity index (χ1v) is 4.90. The fourth-order valence-electron chi connectivity index (χ4n) is 1.16. The Hall–Kier alpha value is -1.22. The minimum absolute atomic E-state index is 0.472. The van der Waals surface area contributed by atoms with Crippen molar-refractivity contribution >= 4 is 29.8 Å². The van der Waals surface area contributed by atoms with Crippen molar-refractivity contribution in [3.63, 3.8) is 0 Å². The fourth-order valence-corrected chi connectivity index (χ4v) is 1.83. The number of rotatable bonds is 1. The van der Waals surface area contributed by atoms with Gasteiger partial charge in [-0.2, -0.15) is 0 Å². The highest BCUT2D eigenvalue weighted by atomic mass is 32.1. The third-order valence-corrected chi connectivity index (χ3v) is 2.88. The lowest BCUT2D eigenvalue weighted by Crippen LogP contribution is -2.09. The molecule has 1 atom stereocenters. The quantitative estimate of drug-likeness (QED) is 0.638. The maximum atomic E-state index is 10.8. The maximum Gasteiger partial charge on any atom is 0.133 e. The Labute approximate surface area is 80.6 Å². The van der Waals surface area contributed by atoms with Gasteiger partial charge in [-0.1, -0.05) is 12.2 Å². The molecule has 0 saturated heterocycles. The van der Waals surface area contributed by atoms with Crippen molar-refractivity contribution in [1.82, 2.24) is 4.98 Å². The lowest BCUT2D eigenvalue weighted by Gasteiger charge is -2.10. The Morgan fingerprint density at radius 1 is 1.46 bits per heavy atom. The van der Waals surface area contributed by atoms with Crippen LogP contribution < -0.4 is 0 Å². The van der Waals surface area contributed by atoms with E-state index < -0.39 is 5.41 Å². The normalized spacial score (nSPS) is 25.3. The fraction of sp³-hybridized carbons (Fsp3) is 0.200. The van der Waals surface area contributed by atoms with E-state index in [-0.39, 0.29) is 0 Å². The predicted molar refractivity (Wildman–Crippen MR) is 54.4 cm³/mol. The molecule has 0 spiro atoms. The number of nitrogens with zero attached hydrogens (tertiary/aromatic N) is 1. The van der Waals surface area contributed by atoms with Crippen molar-refractivity contribution in [3.05, 3.63) is 28.2 Å². The summed E-state index contributed by atoms with van der Waals surface area (Å²) in [4.78, 5) is 16.1. The van der Waals surface area contributed by atoms with Gasteiger partial charge in [-0.3, -0.25) is 0 Å². The molecular weight excluding hydrogens is 182 g/mol. The molecule has 1 aliphatic rings. The number of hydrogen-bond acceptors (Lipinski definition) is 3. The predicted octanol–water partition coefficient (Wildman–Crippen LogP) is 2.39. The molecule has 1 aromatic rings. The van der Waals surface area contributed by atoms with Gasteiger partial charge in [-0.25, -0.2) is 4.98 Å². The molecule has 1 aliphatic carbocycles. The Morgan fingerprint density at radius 3 is 3.00 bits per heavy atom. The van der Waals surface area contributed by atoms with Gasteiger partial charge in [0, 0.05) is 0 Å². The van der Waals surface area contributed by atoms with Crippen LogP contribution in [-0.4, -0.2) is 11.3 Å². The molecule has 0 fully saturated rings. The lowest BCUT2D eigenvalue weighted by molar-refractivity contribution is -0.111. The molecule has 3 heteroatoms. The zero-order valence-electron chi connectivity index (χ0n) is 7.23. The van der Waals surface area contributed by atoms with Crippen LogP contribution in [0.2, 0.25) is 0 Å². The number of aromatic nitrogens is 1. The summed E-state index contributed by atoms with van der Waals surface area (Å²) in [6, 6.07) is 0. The molecule has 1 heterocycles. The highest BCUT2D eigenvalue weighted by Gasteiger charge is 2.18. The first kappa shape index (κ1) is 8.38. The number of carbonyl (C=O) groups excluding carboxylic acids is 1. The van der Waals surface area contributed by atoms with Crippen molar-refractivity contribution in [2.45, 2.75) is 6.92 Å². The number of fused-ring (bicyclic) bond motifs is 1. The maximum absolute atomic E-state index is 10.8. The lowest BCUT2D eigenvalue weighted by atomic mass is 9.92. The molecular formula is C10H9NOS. The average molecular weight is 191 g/mol. The van der Waals surface area contributed by atoms with E-state index in [2.05, 4.69) is 4.98 Å². The van der Waals surface area contributed by atoms with Gasteiger partial charge in [0.25, 0.3) is 0 Å². The van der Waals surface area contributed by atoms with E-state index in [1.165, 1.54) is 0 Å². The smallest absolute Gasteiger partial charge is 0.133 e. The summed E-state index contributed by atoms with van der Waals surface area (Å²) in [6.45, 7) is 1.88. The van der Waals surface area contributed by atoms with E-state index in [9.17, 15) is 4.79 Å². The summed E-state index contributed by atoms with van der Waals surface area (Å²) in [5.74, 6) is 0. The minimum atomic E-state index is -0.472. The first-order valence-electron chi connectivity index (χ1n) is 4.02. The van der Waals surface area contributed by atoms with Crippen LogP contribution in [0.25, 0.3) is 12.2 Å². The van der Waals surface area contributed by atoms with Crippen molar-refractivity contribution < 1.29 is 4.79 Å². The molecule has 0 N–H and O–H groups in total. The molecule has 1 unspecified atom stereocenters. The SMILES string of the molecule is CC1(C=O)C=Cc2ncsc2C=C1. The topological polar surface area (TPSA) is 30.0 Å². The summed E-state index contributed by atoms with van der Waals surface area (Å²) in [7, 11) is 0. The van der Waals surface area contributed by atoms with Crippen LogP contribution >= 0.6 is 11.3 Å². The Balaban J connectivity index is 2.48. The van der Waals surface area contributed by atoms with Crippen LogP contribution in [-0.2, 0) is 4.79 Å². The number of aldehydes is 1. The van der Waals surface area contributed by atoms with Crippen LogP contribution in [0.1, 0.15) is 17.5 Å². The van der Waals surface area contributed by atoms with Gasteiger partial charge in [0.2, 0.25) is 0 Å². The zero-order chi connectivity index (χ0) is 9.31. The van der Waals surface area contributed by atoms with E-state index >= 15 is 0 Å². The van der Waals surface area contributed by atoms with Crippen LogP contribution in [0, 0.1) is 5.41 Å². The Morgan fingerprint density at radius 2 is 2.23 bits per heavy atom.